The predicted molar refractivity (Wildman–Crippen MR) is 103 cm³/mol. The van der Waals surface area contributed by atoms with Crippen molar-refractivity contribution >= 4 is 11.7 Å². The number of phenolic OH excluding ortho intramolecular Hbond substituents is 1. The van der Waals surface area contributed by atoms with E-state index in [0.717, 1.165) is 6.42 Å². The summed E-state index contributed by atoms with van der Waals surface area (Å²) in [6.07, 6.45) is 9.19. The number of benzene rings is 2. The Hall–Kier alpha value is -2.49. The first-order valence-corrected chi connectivity index (χ1v) is 8.89. The molecule has 0 fully saturated rings. The molecule has 0 atom stereocenters. The molecule has 0 radical (unpaired) electrons. The first-order valence-electron chi connectivity index (χ1n) is 8.89. The number of nitrogens with two attached hydrogens (primary N) is 1. The monoisotopic (exact) mass is 343 g/mol. The Labute approximate surface area is 150 Å². The first kappa shape index (κ1) is 20.6. The van der Waals surface area contributed by atoms with Gasteiger partial charge in [-0.25, -0.2) is 4.79 Å². The van der Waals surface area contributed by atoms with Crippen molar-refractivity contribution in [2.24, 2.45) is 0 Å². The number of aromatic hydroxyl groups is 1. The minimum absolute atomic E-state index is 0.259. The van der Waals surface area contributed by atoms with Gasteiger partial charge in [-0.15, -0.1) is 0 Å². The van der Waals surface area contributed by atoms with Crippen LogP contribution in [-0.2, 0) is 6.42 Å². The third kappa shape index (κ3) is 9.40. The van der Waals surface area contributed by atoms with Crippen LogP contribution in [0.4, 0.5) is 5.69 Å². The quantitative estimate of drug-likeness (QED) is 0.451. The molecule has 0 saturated carbocycles. The average molecular weight is 343 g/mol. The highest BCUT2D eigenvalue weighted by atomic mass is 16.4. The summed E-state index contributed by atoms with van der Waals surface area (Å²) in [5.74, 6) is -0.568. The summed E-state index contributed by atoms with van der Waals surface area (Å²) < 4.78 is 0. The van der Waals surface area contributed by atoms with Crippen molar-refractivity contribution in [3.05, 3.63) is 59.7 Å². The lowest BCUT2D eigenvalue weighted by molar-refractivity contribution is 0.0697. The zero-order valence-electron chi connectivity index (χ0n) is 14.9. The van der Waals surface area contributed by atoms with Gasteiger partial charge in [0.25, 0.3) is 0 Å². The minimum atomic E-state index is -0.931. The van der Waals surface area contributed by atoms with Gasteiger partial charge in [-0.2, -0.15) is 0 Å². The average Bonchev–Trinajstić information content (AvgIpc) is 2.60. The van der Waals surface area contributed by atoms with E-state index in [0.29, 0.717) is 11.4 Å². The third-order valence-electron chi connectivity index (χ3n) is 3.91. The number of aryl methyl sites for hydroxylation is 1. The maximum absolute atomic E-state index is 10.3. The molecule has 0 amide bonds. The topological polar surface area (TPSA) is 83.5 Å². The van der Waals surface area contributed by atoms with E-state index in [1.54, 1.807) is 24.3 Å². The summed E-state index contributed by atoms with van der Waals surface area (Å²) in [7, 11) is 0. The van der Waals surface area contributed by atoms with E-state index in [4.69, 9.17) is 15.9 Å². The molecule has 0 unspecified atom stereocenters. The predicted octanol–water partition coefficient (Wildman–Crippen LogP) is 5.26. The fourth-order valence-electron chi connectivity index (χ4n) is 2.40. The fraction of sp³-hybridized carbons (Fsp3) is 0.381. The van der Waals surface area contributed by atoms with Crippen LogP contribution in [0, 0.1) is 0 Å². The molecule has 0 spiro atoms. The number of carbonyl (C=O) groups is 1. The number of anilines is 1. The van der Waals surface area contributed by atoms with Crippen molar-refractivity contribution in [1.29, 1.82) is 0 Å². The molecule has 0 saturated heterocycles. The molecule has 0 aromatic heterocycles. The molecule has 2 aromatic rings. The van der Waals surface area contributed by atoms with Crippen LogP contribution in [0.15, 0.2) is 48.5 Å². The summed E-state index contributed by atoms with van der Waals surface area (Å²) >= 11 is 0. The Morgan fingerprint density at radius 3 is 2.00 bits per heavy atom. The fourth-order valence-corrected chi connectivity index (χ4v) is 2.40. The van der Waals surface area contributed by atoms with Crippen LogP contribution in [0.2, 0.25) is 0 Å². The Kier molecular flexibility index (Phi) is 9.83. The summed E-state index contributed by atoms with van der Waals surface area (Å²) in [5.41, 5.74) is 7.50. The summed E-state index contributed by atoms with van der Waals surface area (Å²) in [6.45, 7) is 2.25. The van der Waals surface area contributed by atoms with Gasteiger partial charge >= 0.3 is 5.97 Å². The van der Waals surface area contributed by atoms with Crippen LogP contribution in [0.1, 0.15) is 61.4 Å². The van der Waals surface area contributed by atoms with Crippen molar-refractivity contribution in [2.75, 3.05) is 5.73 Å². The first-order chi connectivity index (χ1) is 12.0. The van der Waals surface area contributed by atoms with Gasteiger partial charge in [0.05, 0.1) is 5.56 Å². The molecule has 0 aliphatic heterocycles. The standard InChI is InChI=1S/C14H22O.C7H7NO2/c1-2-3-4-5-6-7-8-13-9-11-14(15)12-10-13;8-6-3-1-5(2-4-6)7(9)10/h9-12,15H,2-8H2,1H3;1-4H,8H2,(H,9,10). The van der Waals surface area contributed by atoms with Gasteiger partial charge < -0.3 is 15.9 Å². The van der Waals surface area contributed by atoms with E-state index < -0.39 is 5.97 Å². The van der Waals surface area contributed by atoms with Crippen LogP contribution in [-0.4, -0.2) is 16.2 Å². The smallest absolute Gasteiger partial charge is 0.335 e. The van der Waals surface area contributed by atoms with Crippen molar-refractivity contribution < 1.29 is 15.0 Å². The second-order valence-corrected chi connectivity index (χ2v) is 6.11. The molecule has 2 aromatic carbocycles. The largest absolute Gasteiger partial charge is 0.508 e. The highest BCUT2D eigenvalue weighted by Gasteiger charge is 1.98. The summed E-state index contributed by atoms with van der Waals surface area (Å²) in [6, 6.07) is 13.6. The molecule has 0 aliphatic carbocycles. The van der Waals surface area contributed by atoms with Crippen LogP contribution in [0.5, 0.6) is 5.75 Å². The number of unbranched alkanes of at least 4 members (excludes halogenated alkanes) is 5. The van der Waals surface area contributed by atoms with Crippen molar-refractivity contribution in [3.8, 4) is 5.75 Å². The lowest BCUT2D eigenvalue weighted by Gasteiger charge is -2.02. The Bertz CT molecular complexity index is 606. The lowest BCUT2D eigenvalue weighted by atomic mass is 10.1. The van der Waals surface area contributed by atoms with E-state index in [2.05, 4.69) is 6.92 Å². The van der Waals surface area contributed by atoms with Gasteiger partial charge in [0, 0.05) is 5.69 Å². The van der Waals surface area contributed by atoms with Gasteiger partial charge in [0.2, 0.25) is 0 Å². The van der Waals surface area contributed by atoms with E-state index in [9.17, 15) is 4.79 Å². The van der Waals surface area contributed by atoms with Gasteiger partial charge in [-0.3, -0.25) is 0 Å². The number of rotatable bonds is 8. The molecule has 4 N–H and O–H groups in total. The van der Waals surface area contributed by atoms with E-state index in [1.165, 1.54) is 56.2 Å². The van der Waals surface area contributed by atoms with E-state index in [-0.39, 0.29) is 5.56 Å². The minimum Gasteiger partial charge on any atom is -0.508 e. The SMILES string of the molecule is CCCCCCCCc1ccc(O)cc1.Nc1ccc(C(=O)O)cc1. The van der Waals surface area contributed by atoms with Gasteiger partial charge in [-0.1, -0.05) is 51.2 Å². The number of carboxylic acid groups (broad SMARTS) is 1. The molecular formula is C21H29NO3. The van der Waals surface area contributed by atoms with Crippen molar-refractivity contribution in [3.63, 3.8) is 0 Å². The Balaban J connectivity index is 0.000000271. The van der Waals surface area contributed by atoms with Crippen LogP contribution >= 0.6 is 0 Å². The second-order valence-electron chi connectivity index (χ2n) is 6.11. The zero-order chi connectivity index (χ0) is 18.5. The van der Waals surface area contributed by atoms with Crippen molar-refractivity contribution in [1.82, 2.24) is 0 Å². The summed E-state index contributed by atoms with van der Waals surface area (Å²) in [4.78, 5) is 10.3. The highest BCUT2D eigenvalue weighted by molar-refractivity contribution is 5.87. The van der Waals surface area contributed by atoms with Gasteiger partial charge in [0.1, 0.15) is 5.75 Å². The number of carboxylic acids is 1. The molecule has 2 rings (SSSR count). The lowest BCUT2D eigenvalue weighted by Crippen LogP contribution is -1.95. The molecule has 25 heavy (non-hydrogen) atoms. The molecular weight excluding hydrogens is 314 g/mol. The Morgan fingerprint density at radius 1 is 0.880 bits per heavy atom. The summed E-state index contributed by atoms with van der Waals surface area (Å²) in [5, 5.41) is 17.6. The normalized spacial score (nSPS) is 9.96. The zero-order valence-corrected chi connectivity index (χ0v) is 14.9. The number of nitrogen functional groups attached to an aromatic ring is 1. The molecule has 4 nitrogen and oxygen atoms in total. The van der Waals surface area contributed by atoms with Gasteiger partial charge in [0.15, 0.2) is 0 Å². The van der Waals surface area contributed by atoms with Crippen molar-refractivity contribution in [2.45, 2.75) is 51.9 Å². The van der Waals surface area contributed by atoms with Crippen LogP contribution < -0.4 is 5.73 Å². The number of phenols is 1. The Morgan fingerprint density at radius 2 is 1.44 bits per heavy atom. The molecule has 0 aliphatic rings. The highest BCUT2D eigenvalue weighted by Crippen LogP contribution is 2.13. The number of hydrogen-bond acceptors (Lipinski definition) is 3. The molecule has 136 valence electrons. The molecule has 4 heteroatoms. The number of aromatic carboxylic acids is 1. The molecule has 0 heterocycles. The number of hydrogen-bond donors (Lipinski definition) is 3. The second kappa shape index (κ2) is 12.0. The molecule has 0 bridgehead atoms. The van der Waals surface area contributed by atoms with Crippen LogP contribution in [0.3, 0.4) is 0 Å². The van der Waals surface area contributed by atoms with E-state index >= 15 is 0 Å². The van der Waals surface area contributed by atoms with Gasteiger partial charge in [-0.05, 0) is 54.8 Å². The maximum Gasteiger partial charge on any atom is 0.335 e. The maximum atomic E-state index is 10.3. The van der Waals surface area contributed by atoms with Crippen LogP contribution in [0.25, 0.3) is 0 Å². The van der Waals surface area contributed by atoms with E-state index in [1.807, 2.05) is 12.1 Å². The third-order valence-corrected chi connectivity index (χ3v) is 3.91.